The lowest BCUT2D eigenvalue weighted by Gasteiger charge is -2.28. The second kappa shape index (κ2) is 6.90. The molecule has 0 aromatic carbocycles. The number of carbonyl (C=O) groups is 2. The normalized spacial score (nSPS) is 25.3. The van der Waals surface area contributed by atoms with Gasteiger partial charge in [-0.25, -0.2) is 9.59 Å². The van der Waals surface area contributed by atoms with Crippen LogP contribution in [0.3, 0.4) is 0 Å². The number of methoxy groups -OCH3 is 2. The fourth-order valence-corrected chi connectivity index (χ4v) is 2.40. The molecule has 1 aliphatic rings. The Morgan fingerprint density at radius 2 is 1.80 bits per heavy atom. The molecule has 0 radical (unpaired) electrons. The molecule has 3 unspecified atom stereocenters. The van der Waals surface area contributed by atoms with Gasteiger partial charge in [0.05, 0.1) is 13.1 Å². The van der Waals surface area contributed by atoms with Gasteiger partial charge < -0.3 is 24.8 Å². The third kappa shape index (κ3) is 3.61. The summed E-state index contributed by atoms with van der Waals surface area (Å²) in [6.07, 6.45) is 0.675. The van der Waals surface area contributed by atoms with E-state index in [1.54, 1.807) is 14.2 Å². The van der Waals surface area contributed by atoms with E-state index in [1.807, 2.05) is 6.92 Å². The van der Waals surface area contributed by atoms with Crippen LogP contribution < -0.4 is 5.32 Å². The average molecular weight is 288 g/mol. The minimum atomic E-state index is -1.25. The Labute approximate surface area is 119 Å². The molecule has 0 aliphatic carbocycles. The van der Waals surface area contributed by atoms with E-state index < -0.39 is 17.5 Å². The lowest BCUT2D eigenvalue weighted by atomic mass is 9.96. The zero-order valence-electron chi connectivity index (χ0n) is 12.5. The summed E-state index contributed by atoms with van der Waals surface area (Å²) in [7, 11) is 3.13. The molecular formula is C13H24N2O5. The number of hydrogen-bond donors (Lipinski definition) is 2. The summed E-state index contributed by atoms with van der Waals surface area (Å²) in [6, 6.07) is -0.398. The number of rotatable bonds is 6. The van der Waals surface area contributed by atoms with Crippen LogP contribution >= 0.6 is 0 Å². The molecule has 1 saturated heterocycles. The fraction of sp³-hybridized carbons (Fsp3) is 0.846. The van der Waals surface area contributed by atoms with E-state index in [0.717, 1.165) is 0 Å². The summed E-state index contributed by atoms with van der Waals surface area (Å²) < 4.78 is 10.5. The van der Waals surface area contributed by atoms with E-state index in [-0.39, 0.29) is 12.2 Å². The molecule has 0 aromatic rings. The highest BCUT2D eigenvalue weighted by Gasteiger charge is 2.40. The molecule has 0 aromatic heterocycles. The van der Waals surface area contributed by atoms with Gasteiger partial charge in [-0.1, -0.05) is 13.3 Å². The Balaban J connectivity index is 2.69. The molecule has 2 amide bonds. The van der Waals surface area contributed by atoms with Crippen LogP contribution in [0.5, 0.6) is 0 Å². The van der Waals surface area contributed by atoms with Gasteiger partial charge in [0.25, 0.3) is 0 Å². The van der Waals surface area contributed by atoms with Crippen molar-refractivity contribution in [3.05, 3.63) is 0 Å². The monoisotopic (exact) mass is 288 g/mol. The van der Waals surface area contributed by atoms with Crippen LogP contribution in [0.25, 0.3) is 0 Å². The van der Waals surface area contributed by atoms with E-state index >= 15 is 0 Å². The van der Waals surface area contributed by atoms with Gasteiger partial charge in [-0.2, -0.15) is 0 Å². The molecule has 0 spiro atoms. The van der Waals surface area contributed by atoms with Gasteiger partial charge in [-0.3, -0.25) is 0 Å². The third-order valence-electron chi connectivity index (χ3n) is 3.71. The summed E-state index contributed by atoms with van der Waals surface area (Å²) in [6.45, 7) is 4.19. The van der Waals surface area contributed by atoms with Crippen molar-refractivity contribution in [1.29, 1.82) is 0 Å². The highest BCUT2D eigenvalue weighted by Crippen LogP contribution is 2.18. The Hall–Kier alpha value is -1.34. The zero-order chi connectivity index (χ0) is 15.3. The summed E-state index contributed by atoms with van der Waals surface area (Å²) >= 11 is 0. The highest BCUT2D eigenvalue weighted by molar-refractivity contribution is 5.86. The van der Waals surface area contributed by atoms with E-state index in [0.29, 0.717) is 25.9 Å². The molecule has 116 valence electrons. The Bertz CT molecular complexity index is 351. The number of carboxylic acid groups (broad SMARTS) is 1. The first kappa shape index (κ1) is 16.7. The minimum absolute atomic E-state index is 0.187. The standard InChI is InChI=1S/C13H24N2O5/c1-5-6-13(2,11(16)17)14-12(18)15-7-9(19-3)10(8-15)20-4/h9-10H,5-8H2,1-4H3,(H,14,18)(H,16,17). The SMILES string of the molecule is CCCC(C)(NC(=O)N1CC(OC)C(OC)C1)C(=O)O. The van der Waals surface area contributed by atoms with Gasteiger partial charge in [-0.05, 0) is 13.3 Å². The largest absolute Gasteiger partial charge is 0.480 e. The van der Waals surface area contributed by atoms with Crippen molar-refractivity contribution < 1.29 is 24.2 Å². The van der Waals surface area contributed by atoms with Crippen molar-refractivity contribution in [1.82, 2.24) is 10.2 Å². The maximum Gasteiger partial charge on any atom is 0.329 e. The topological polar surface area (TPSA) is 88.1 Å². The summed E-state index contributed by atoms with van der Waals surface area (Å²) in [5, 5.41) is 11.9. The van der Waals surface area contributed by atoms with E-state index in [2.05, 4.69) is 5.32 Å². The molecule has 20 heavy (non-hydrogen) atoms. The average Bonchev–Trinajstić information content (AvgIpc) is 2.82. The van der Waals surface area contributed by atoms with Crippen molar-refractivity contribution in [3.8, 4) is 0 Å². The molecule has 0 bridgehead atoms. The Morgan fingerprint density at radius 1 is 1.30 bits per heavy atom. The number of likely N-dealkylation sites (tertiary alicyclic amines) is 1. The number of ether oxygens (including phenoxy) is 2. The lowest BCUT2D eigenvalue weighted by Crippen LogP contribution is -2.55. The number of carboxylic acids is 1. The van der Waals surface area contributed by atoms with Crippen LogP contribution in [0.15, 0.2) is 0 Å². The summed E-state index contributed by atoms with van der Waals surface area (Å²) in [4.78, 5) is 25.1. The minimum Gasteiger partial charge on any atom is -0.480 e. The molecule has 7 nitrogen and oxygen atoms in total. The van der Waals surface area contributed by atoms with E-state index in [4.69, 9.17) is 9.47 Å². The first-order chi connectivity index (χ1) is 9.37. The maximum atomic E-state index is 12.2. The van der Waals surface area contributed by atoms with E-state index in [9.17, 15) is 14.7 Å². The molecule has 0 saturated carbocycles. The molecular weight excluding hydrogens is 264 g/mol. The number of nitrogens with one attached hydrogen (secondary N) is 1. The van der Waals surface area contributed by atoms with Crippen LogP contribution in [0.1, 0.15) is 26.7 Å². The van der Waals surface area contributed by atoms with Crippen LogP contribution in [0, 0.1) is 0 Å². The molecule has 1 rings (SSSR count). The van der Waals surface area contributed by atoms with Gasteiger partial charge in [0, 0.05) is 14.2 Å². The number of hydrogen-bond acceptors (Lipinski definition) is 4. The Kier molecular flexibility index (Phi) is 5.76. The number of aliphatic carboxylic acids is 1. The van der Waals surface area contributed by atoms with Crippen molar-refractivity contribution in [2.24, 2.45) is 0 Å². The van der Waals surface area contributed by atoms with Crippen LogP contribution in [-0.2, 0) is 14.3 Å². The first-order valence-corrected chi connectivity index (χ1v) is 6.74. The third-order valence-corrected chi connectivity index (χ3v) is 3.71. The summed E-state index contributed by atoms with van der Waals surface area (Å²) in [5.74, 6) is -1.03. The second-order valence-electron chi connectivity index (χ2n) is 5.27. The predicted molar refractivity (Wildman–Crippen MR) is 72.6 cm³/mol. The second-order valence-corrected chi connectivity index (χ2v) is 5.27. The molecule has 2 N–H and O–H groups in total. The Morgan fingerprint density at radius 3 is 2.15 bits per heavy atom. The molecule has 1 heterocycles. The first-order valence-electron chi connectivity index (χ1n) is 6.74. The number of urea groups is 1. The van der Waals surface area contributed by atoms with Crippen LogP contribution in [0.4, 0.5) is 4.79 Å². The van der Waals surface area contributed by atoms with Crippen molar-refractivity contribution in [3.63, 3.8) is 0 Å². The number of nitrogens with zero attached hydrogens (tertiary/aromatic N) is 1. The quantitative estimate of drug-likeness (QED) is 0.750. The highest BCUT2D eigenvalue weighted by atomic mass is 16.5. The lowest BCUT2D eigenvalue weighted by molar-refractivity contribution is -0.144. The van der Waals surface area contributed by atoms with Gasteiger partial charge in [0.1, 0.15) is 17.7 Å². The fourth-order valence-electron chi connectivity index (χ4n) is 2.40. The zero-order valence-corrected chi connectivity index (χ0v) is 12.5. The van der Waals surface area contributed by atoms with Gasteiger partial charge in [0.2, 0.25) is 0 Å². The van der Waals surface area contributed by atoms with E-state index in [1.165, 1.54) is 11.8 Å². The molecule has 1 fully saturated rings. The maximum absolute atomic E-state index is 12.2. The number of amides is 2. The molecule has 1 aliphatic heterocycles. The predicted octanol–water partition coefficient (Wildman–Crippen LogP) is 0.685. The number of carbonyl (C=O) groups excluding carboxylic acids is 1. The van der Waals surface area contributed by atoms with Gasteiger partial charge in [0.15, 0.2) is 0 Å². The van der Waals surface area contributed by atoms with Crippen molar-refractivity contribution in [2.45, 2.75) is 44.4 Å². The smallest absolute Gasteiger partial charge is 0.329 e. The van der Waals surface area contributed by atoms with Gasteiger partial charge >= 0.3 is 12.0 Å². The summed E-state index contributed by atoms with van der Waals surface area (Å²) in [5.41, 5.74) is -1.25. The van der Waals surface area contributed by atoms with Crippen LogP contribution in [0.2, 0.25) is 0 Å². The van der Waals surface area contributed by atoms with Crippen molar-refractivity contribution in [2.75, 3.05) is 27.3 Å². The van der Waals surface area contributed by atoms with Crippen LogP contribution in [-0.4, -0.2) is 67.1 Å². The molecule has 3 atom stereocenters. The molecule has 7 heteroatoms. The van der Waals surface area contributed by atoms with Crippen molar-refractivity contribution >= 4 is 12.0 Å². The van der Waals surface area contributed by atoms with Gasteiger partial charge in [-0.15, -0.1) is 0 Å².